The second-order valence-corrected chi connectivity index (χ2v) is 7.70. The molecule has 0 saturated carbocycles. The maximum atomic E-state index is 6.71. The lowest BCUT2D eigenvalue weighted by Crippen LogP contribution is -2.00. The van der Waals surface area contributed by atoms with Crippen molar-refractivity contribution in [3.63, 3.8) is 0 Å². The van der Waals surface area contributed by atoms with Crippen LogP contribution >= 0.6 is 15.7 Å². The molecule has 62 valence electrons. The third-order valence-corrected chi connectivity index (χ3v) is 5.42. The Hall–Kier alpha value is 0.780. The molecule has 0 aromatic carbocycles. The van der Waals surface area contributed by atoms with Gasteiger partial charge in [0.05, 0.1) is 21.8 Å². The standard InChI is InChI=1S/C6H16O2P2/c1-5-6(2)8-10(4)9(3)7/h6-7H,5H2,1-4H3/i7T. The zero-order chi connectivity index (χ0) is 8.85. The molecule has 0 amide bonds. The molecule has 0 rings (SSSR count). The number of rotatable bonds is 5. The zero-order valence-corrected chi connectivity index (χ0v) is 8.78. The van der Waals surface area contributed by atoms with Gasteiger partial charge in [-0.1, -0.05) is 6.92 Å². The molecule has 0 aromatic heterocycles. The van der Waals surface area contributed by atoms with Crippen molar-refractivity contribution in [2.75, 3.05) is 13.3 Å². The lowest BCUT2D eigenvalue weighted by molar-refractivity contribution is 0.249. The molecule has 0 radical (unpaired) electrons. The van der Waals surface area contributed by atoms with Crippen LogP contribution in [0, 0.1) is 0 Å². The van der Waals surface area contributed by atoms with Gasteiger partial charge in [-0.3, -0.25) is 0 Å². The van der Waals surface area contributed by atoms with E-state index < -0.39 is 15.7 Å². The van der Waals surface area contributed by atoms with E-state index in [1.165, 1.54) is 0 Å². The highest BCUT2D eigenvalue weighted by Gasteiger charge is 2.11. The quantitative estimate of drug-likeness (QED) is 0.665. The van der Waals surface area contributed by atoms with Crippen LogP contribution in [0.1, 0.15) is 20.3 Å². The van der Waals surface area contributed by atoms with E-state index in [4.69, 9.17) is 5.95 Å². The first-order valence-corrected chi connectivity index (χ1v) is 7.51. The van der Waals surface area contributed by atoms with Crippen LogP contribution in [-0.2, 0) is 4.52 Å². The summed E-state index contributed by atoms with van der Waals surface area (Å²) in [7, 11) is -1.20. The Morgan fingerprint density at radius 3 is 2.70 bits per heavy atom. The van der Waals surface area contributed by atoms with E-state index in [1.54, 1.807) is 0 Å². The first kappa shape index (κ1) is 8.87. The highest BCUT2D eigenvalue weighted by Crippen LogP contribution is 2.62. The molecule has 0 aromatic rings. The van der Waals surface area contributed by atoms with E-state index in [1.807, 2.05) is 20.3 Å². The van der Waals surface area contributed by atoms with Crippen LogP contribution in [0.2, 0.25) is 0 Å². The molecule has 4 heteroatoms. The normalized spacial score (nSPS) is 21.4. The minimum Gasteiger partial charge on any atom is -0.367 e. The van der Waals surface area contributed by atoms with Crippen LogP contribution in [0.15, 0.2) is 0 Å². The monoisotopic (exact) mass is 184 g/mol. The minimum absolute atomic E-state index is 0.297. The predicted octanol–water partition coefficient (Wildman–Crippen LogP) is 2.76. The van der Waals surface area contributed by atoms with Crippen LogP contribution in [0.5, 0.6) is 0 Å². The van der Waals surface area contributed by atoms with Gasteiger partial charge in [-0.05, 0) is 26.7 Å². The van der Waals surface area contributed by atoms with Gasteiger partial charge in [-0.2, -0.15) is 0 Å². The van der Waals surface area contributed by atoms with E-state index in [9.17, 15) is 0 Å². The van der Waals surface area contributed by atoms with Crippen LogP contribution < -0.4 is 0 Å². The van der Waals surface area contributed by atoms with E-state index in [0.717, 1.165) is 6.42 Å². The van der Waals surface area contributed by atoms with Gasteiger partial charge < -0.3 is 9.42 Å². The molecule has 0 fully saturated rings. The van der Waals surface area contributed by atoms with Crippen molar-refractivity contribution in [2.24, 2.45) is 0 Å². The largest absolute Gasteiger partial charge is 0.367 e. The molecule has 3 unspecified atom stereocenters. The van der Waals surface area contributed by atoms with Gasteiger partial charge in [0.2, 0.25) is 1.43 Å². The Balaban J connectivity index is 3.58. The summed E-state index contributed by atoms with van der Waals surface area (Å²) in [6, 6.07) is 0. The summed E-state index contributed by atoms with van der Waals surface area (Å²) in [5, 5.41) is 0. The number of hydrogen-bond acceptors (Lipinski definition) is 2. The molecule has 10 heavy (non-hydrogen) atoms. The van der Waals surface area contributed by atoms with Gasteiger partial charge in [0.25, 0.3) is 0 Å². The molecule has 0 bridgehead atoms. The van der Waals surface area contributed by atoms with E-state index in [0.29, 0.717) is 6.10 Å². The van der Waals surface area contributed by atoms with Crippen molar-refractivity contribution >= 4 is 15.7 Å². The van der Waals surface area contributed by atoms with Crippen LogP contribution in [0.4, 0.5) is 0 Å². The van der Waals surface area contributed by atoms with Gasteiger partial charge in [0, 0.05) is 0 Å². The SMILES string of the molecule is [3H]OP(C)P(C)OC(C)CC. The third-order valence-electron chi connectivity index (χ3n) is 1.30. The van der Waals surface area contributed by atoms with Gasteiger partial charge in [0.1, 0.15) is 0 Å². The minimum atomic E-state index is -0.669. The molecule has 1 N–H and O–H groups in total. The first-order valence-electron chi connectivity index (χ1n) is 3.80. The molecular formula is C6H16O2P2. The van der Waals surface area contributed by atoms with Crippen molar-refractivity contribution in [3.8, 4) is 0 Å². The Bertz CT molecular complexity index is 105. The van der Waals surface area contributed by atoms with Crippen molar-refractivity contribution in [1.82, 2.24) is 0 Å². The van der Waals surface area contributed by atoms with Gasteiger partial charge in [-0.15, -0.1) is 0 Å². The summed E-state index contributed by atoms with van der Waals surface area (Å²) in [5.74, 6) is 0. The molecule has 0 saturated heterocycles. The van der Waals surface area contributed by atoms with Crippen molar-refractivity contribution < 1.29 is 9.42 Å². The summed E-state index contributed by atoms with van der Waals surface area (Å²) >= 11 is 0. The van der Waals surface area contributed by atoms with E-state index >= 15 is 0 Å². The molecule has 0 aliphatic heterocycles. The first-order chi connectivity index (χ1) is 5.11. The molecule has 0 aliphatic carbocycles. The lowest BCUT2D eigenvalue weighted by atomic mass is 10.3. The van der Waals surface area contributed by atoms with Gasteiger partial charge in [0.15, 0.2) is 0 Å². The molecule has 0 aliphatic rings. The lowest BCUT2D eigenvalue weighted by Gasteiger charge is -2.19. The van der Waals surface area contributed by atoms with Crippen molar-refractivity contribution in [1.29, 1.82) is 1.43 Å². The summed E-state index contributed by atoms with van der Waals surface area (Å²) in [4.78, 5) is 4.48. The summed E-state index contributed by atoms with van der Waals surface area (Å²) < 4.78 is 12.3. The zero-order valence-electron chi connectivity index (χ0n) is 8.00. The molecule has 0 heterocycles. The smallest absolute Gasteiger partial charge is 0.216 e. The molecule has 3 atom stereocenters. The Labute approximate surface area is 67.0 Å². The number of hydrogen-bond donors (Lipinski definition) is 1. The maximum Gasteiger partial charge on any atom is 0.216 e. The highest BCUT2D eigenvalue weighted by molar-refractivity contribution is 8.24. The average molecular weight is 184 g/mol. The second-order valence-electron chi connectivity index (χ2n) is 2.25. The second kappa shape index (κ2) is 5.43. The maximum absolute atomic E-state index is 6.71. The van der Waals surface area contributed by atoms with E-state index in [2.05, 4.69) is 11.8 Å². The van der Waals surface area contributed by atoms with Crippen molar-refractivity contribution in [2.45, 2.75) is 26.4 Å². The predicted molar refractivity (Wildman–Crippen MR) is 48.7 cm³/mol. The Morgan fingerprint density at radius 2 is 2.30 bits per heavy atom. The third kappa shape index (κ3) is 4.57. The topological polar surface area (TPSA) is 29.5 Å². The highest BCUT2D eigenvalue weighted by atomic mass is 32.1. The Kier molecular flexibility index (Phi) is 4.82. The molecule has 0 spiro atoms. The average Bonchev–Trinajstić information content (AvgIpc) is 2.02. The van der Waals surface area contributed by atoms with Gasteiger partial charge >= 0.3 is 0 Å². The fraction of sp³-hybridized carbons (Fsp3) is 1.00. The molecule has 2 nitrogen and oxygen atoms in total. The van der Waals surface area contributed by atoms with Crippen molar-refractivity contribution in [3.05, 3.63) is 0 Å². The summed E-state index contributed by atoms with van der Waals surface area (Å²) in [5.41, 5.74) is 0. The summed E-state index contributed by atoms with van der Waals surface area (Å²) in [6.45, 7) is 8.08. The van der Waals surface area contributed by atoms with Crippen LogP contribution in [0.25, 0.3) is 0 Å². The van der Waals surface area contributed by atoms with Crippen LogP contribution in [0.3, 0.4) is 0 Å². The molecular weight excluding hydrogens is 166 g/mol. The van der Waals surface area contributed by atoms with Gasteiger partial charge in [-0.25, -0.2) is 0 Å². The fourth-order valence-corrected chi connectivity index (χ4v) is 2.09. The Morgan fingerprint density at radius 1 is 1.70 bits per heavy atom. The van der Waals surface area contributed by atoms with E-state index in [-0.39, 0.29) is 0 Å². The fourth-order valence-electron chi connectivity index (χ4n) is 0.401. The summed E-state index contributed by atoms with van der Waals surface area (Å²) in [6.07, 6.45) is 1.32. The van der Waals surface area contributed by atoms with Crippen LogP contribution in [-0.4, -0.2) is 25.8 Å².